The Kier molecular flexibility index (Phi) is 7.19. The van der Waals surface area contributed by atoms with Crippen molar-refractivity contribution in [2.75, 3.05) is 7.11 Å². The largest absolute Gasteiger partial charge is 0.497 e. The van der Waals surface area contributed by atoms with Crippen molar-refractivity contribution in [3.63, 3.8) is 0 Å². The maximum atomic E-state index is 14.5. The van der Waals surface area contributed by atoms with Crippen molar-refractivity contribution in [3.8, 4) is 5.75 Å². The third kappa shape index (κ3) is 5.00. The number of hydrogen-bond donors (Lipinski definition) is 0. The molecule has 0 radical (unpaired) electrons. The second kappa shape index (κ2) is 9.84. The third-order valence-electron chi connectivity index (χ3n) is 8.81. The third-order valence-corrected chi connectivity index (χ3v) is 8.81. The Hall–Kier alpha value is -1.05. The fourth-order valence-corrected chi connectivity index (χ4v) is 7.07. The zero-order valence-corrected chi connectivity index (χ0v) is 18.7. The molecule has 0 heterocycles. The molecule has 0 N–H and O–H groups in total. The van der Waals surface area contributed by atoms with Gasteiger partial charge in [0.2, 0.25) is 0 Å². The number of ether oxygens (including phenoxy) is 1. The lowest BCUT2D eigenvalue weighted by atomic mass is 9.60. The smallest absolute Gasteiger partial charge is 0.130 e. The summed E-state index contributed by atoms with van der Waals surface area (Å²) in [4.78, 5) is 0. The van der Waals surface area contributed by atoms with E-state index in [-0.39, 0.29) is 5.82 Å². The van der Waals surface area contributed by atoms with Crippen LogP contribution in [0.5, 0.6) is 5.75 Å². The van der Waals surface area contributed by atoms with E-state index in [1.807, 2.05) is 12.1 Å². The summed E-state index contributed by atoms with van der Waals surface area (Å²) in [5.74, 6) is 5.88. The SMILES string of the molecule is CCCCC1CCC2CC(C3CCC(c4ccc(OC)cc4F)CC3)CCC2C1. The zero-order chi connectivity index (χ0) is 20.2. The summed E-state index contributed by atoms with van der Waals surface area (Å²) in [7, 11) is 1.60. The van der Waals surface area contributed by atoms with Crippen LogP contribution in [-0.4, -0.2) is 7.11 Å². The Balaban J connectivity index is 1.27. The van der Waals surface area contributed by atoms with Crippen molar-refractivity contribution in [1.29, 1.82) is 0 Å². The molecule has 1 aromatic rings. The number of benzene rings is 1. The molecule has 162 valence electrons. The molecule has 2 heteroatoms. The van der Waals surface area contributed by atoms with E-state index in [9.17, 15) is 4.39 Å². The molecule has 4 unspecified atom stereocenters. The van der Waals surface area contributed by atoms with Crippen molar-refractivity contribution in [2.45, 2.75) is 96.3 Å². The van der Waals surface area contributed by atoms with Crippen LogP contribution in [0.3, 0.4) is 0 Å². The molecule has 4 rings (SSSR count). The first kappa shape index (κ1) is 21.2. The molecule has 0 aromatic heterocycles. The van der Waals surface area contributed by atoms with Gasteiger partial charge >= 0.3 is 0 Å². The highest BCUT2D eigenvalue weighted by Crippen LogP contribution is 2.50. The molecular weight excluding hydrogens is 359 g/mol. The van der Waals surface area contributed by atoms with E-state index in [4.69, 9.17) is 4.74 Å². The fourth-order valence-electron chi connectivity index (χ4n) is 7.07. The molecule has 1 aromatic carbocycles. The molecule has 0 saturated heterocycles. The summed E-state index contributed by atoms with van der Waals surface area (Å²) in [6.45, 7) is 2.33. The van der Waals surface area contributed by atoms with Gasteiger partial charge in [-0.05, 0) is 105 Å². The van der Waals surface area contributed by atoms with Crippen LogP contribution in [0.25, 0.3) is 0 Å². The van der Waals surface area contributed by atoms with Gasteiger partial charge in [0.1, 0.15) is 11.6 Å². The molecule has 0 aliphatic heterocycles. The van der Waals surface area contributed by atoms with E-state index < -0.39 is 0 Å². The van der Waals surface area contributed by atoms with Crippen LogP contribution < -0.4 is 4.74 Å². The van der Waals surface area contributed by atoms with Gasteiger partial charge in [-0.15, -0.1) is 0 Å². The number of fused-ring (bicyclic) bond motifs is 1. The van der Waals surface area contributed by atoms with E-state index in [0.717, 1.165) is 48.0 Å². The fraction of sp³-hybridized carbons (Fsp3) is 0.778. The van der Waals surface area contributed by atoms with E-state index >= 15 is 0 Å². The van der Waals surface area contributed by atoms with Gasteiger partial charge < -0.3 is 4.74 Å². The Labute approximate surface area is 177 Å². The first-order valence-electron chi connectivity index (χ1n) is 12.5. The Bertz CT molecular complexity index is 648. The molecule has 1 nitrogen and oxygen atoms in total. The van der Waals surface area contributed by atoms with E-state index in [1.54, 1.807) is 13.2 Å². The first-order valence-corrected chi connectivity index (χ1v) is 12.5. The zero-order valence-electron chi connectivity index (χ0n) is 18.7. The molecule has 3 aliphatic carbocycles. The summed E-state index contributed by atoms with van der Waals surface area (Å²) in [6.07, 6.45) is 18.2. The quantitative estimate of drug-likeness (QED) is 0.468. The lowest BCUT2D eigenvalue weighted by Crippen LogP contribution is -2.34. The average Bonchev–Trinajstić information content (AvgIpc) is 2.77. The number of rotatable bonds is 6. The van der Waals surface area contributed by atoms with E-state index in [0.29, 0.717) is 11.7 Å². The van der Waals surface area contributed by atoms with Crippen molar-refractivity contribution in [3.05, 3.63) is 29.6 Å². The minimum absolute atomic E-state index is 0.0758. The molecule has 0 amide bonds. The highest BCUT2D eigenvalue weighted by Gasteiger charge is 2.38. The molecule has 0 spiro atoms. The second-order valence-corrected chi connectivity index (χ2v) is 10.4. The number of unbranched alkanes of at least 4 members (excludes halogenated alkanes) is 1. The Morgan fingerprint density at radius 1 is 0.862 bits per heavy atom. The molecule has 3 fully saturated rings. The van der Waals surface area contributed by atoms with Crippen LogP contribution in [-0.2, 0) is 0 Å². The predicted octanol–water partition coefficient (Wildman–Crippen LogP) is 8.13. The average molecular weight is 401 g/mol. The molecule has 4 atom stereocenters. The van der Waals surface area contributed by atoms with Crippen LogP contribution in [0, 0.1) is 35.4 Å². The maximum Gasteiger partial charge on any atom is 0.130 e. The lowest BCUT2D eigenvalue weighted by molar-refractivity contribution is 0.0613. The number of halogens is 1. The molecule has 29 heavy (non-hydrogen) atoms. The van der Waals surface area contributed by atoms with Gasteiger partial charge in [0, 0.05) is 6.07 Å². The standard InChI is InChI=1S/C27H41FO/c1-3-4-5-19-6-7-24-17-23(13-12-22(24)16-19)20-8-10-21(11-9-20)26-15-14-25(29-2)18-27(26)28/h14-15,18-24H,3-13,16-17H2,1-2H3. The van der Waals surface area contributed by atoms with Gasteiger partial charge in [0.25, 0.3) is 0 Å². The second-order valence-electron chi connectivity index (χ2n) is 10.4. The topological polar surface area (TPSA) is 9.23 Å². The molecular formula is C27H41FO. The molecule has 3 aliphatic rings. The first-order chi connectivity index (χ1) is 14.2. The summed E-state index contributed by atoms with van der Waals surface area (Å²) in [6, 6.07) is 5.43. The highest BCUT2D eigenvalue weighted by molar-refractivity contribution is 5.31. The summed E-state index contributed by atoms with van der Waals surface area (Å²) < 4.78 is 19.7. The van der Waals surface area contributed by atoms with Gasteiger partial charge in [-0.1, -0.05) is 38.7 Å². The van der Waals surface area contributed by atoms with Crippen LogP contribution in [0.2, 0.25) is 0 Å². The van der Waals surface area contributed by atoms with Crippen LogP contribution >= 0.6 is 0 Å². The van der Waals surface area contributed by atoms with Gasteiger partial charge in [0.05, 0.1) is 7.11 Å². The molecule has 3 saturated carbocycles. The van der Waals surface area contributed by atoms with Crippen molar-refractivity contribution in [2.24, 2.45) is 29.6 Å². The van der Waals surface area contributed by atoms with Crippen LogP contribution in [0.15, 0.2) is 18.2 Å². The summed E-state index contributed by atoms with van der Waals surface area (Å²) in [5, 5.41) is 0. The maximum absolute atomic E-state index is 14.5. The lowest BCUT2D eigenvalue weighted by Gasteiger charge is -2.45. The predicted molar refractivity (Wildman–Crippen MR) is 119 cm³/mol. The normalized spacial score (nSPS) is 35.1. The minimum Gasteiger partial charge on any atom is -0.497 e. The minimum atomic E-state index is -0.0758. The highest BCUT2D eigenvalue weighted by atomic mass is 19.1. The van der Waals surface area contributed by atoms with Gasteiger partial charge in [-0.3, -0.25) is 0 Å². The Morgan fingerprint density at radius 2 is 1.52 bits per heavy atom. The van der Waals surface area contributed by atoms with Crippen LogP contribution in [0.4, 0.5) is 4.39 Å². The van der Waals surface area contributed by atoms with E-state index in [2.05, 4.69) is 6.92 Å². The van der Waals surface area contributed by atoms with Crippen LogP contribution in [0.1, 0.15) is 102 Å². The summed E-state index contributed by atoms with van der Waals surface area (Å²) in [5.41, 5.74) is 0.915. The summed E-state index contributed by atoms with van der Waals surface area (Å²) >= 11 is 0. The van der Waals surface area contributed by atoms with Gasteiger partial charge in [-0.25, -0.2) is 4.39 Å². The number of hydrogen-bond acceptors (Lipinski definition) is 1. The number of methoxy groups -OCH3 is 1. The Morgan fingerprint density at radius 3 is 2.21 bits per heavy atom. The van der Waals surface area contributed by atoms with E-state index in [1.165, 1.54) is 70.6 Å². The van der Waals surface area contributed by atoms with Crippen molar-refractivity contribution in [1.82, 2.24) is 0 Å². The monoisotopic (exact) mass is 400 g/mol. The van der Waals surface area contributed by atoms with Crippen molar-refractivity contribution >= 4 is 0 Å². The molecule has 0 bridgehead atoms. The van der Waals surface area contributed by atoms with Gasteiger partial charge in [0.15, 0.2) is 0 Å². The van der Waals surface area contributed by atoms with Gasteiger partial charge in [-0.2, -0.15) is 0 Å². The van der Waals surface area contributed by atoms with Crippen molar-refractivity contribution < 1.29 is 9.13 Å².